The van der Waals surface area contributed by atoms with Gasteiger partial charge in [-0.1, -0.05) is 24.3 Å². The third-order valence-corrected chi connectivity index (χ3v) is 4.40. The molecule has 2 unspecified atom stereocenters. The number of hydrogen-bond donors (Lipinski definition) is 3. The van der Waals surface area contributed by atoms with Crippen molar-refractivity contribution in [1.29, 1.82) is 0 Å². The normalized spacial score (nSPS) is 18.1. The maximum Gasteiger partial charge on any atom is 0.251 e. The van der Waals surface area contributed by atoms with Crippen molar-refractivity contribution in [3.63, 3.8) is 0 Å². The minimum Gasteiger partial charge on any atom is -0.508 e. The second kappa shape index (κ2) is 8.12. The van der Waals surface area contributed by atoms with Gasteiger partial charge in [0.25, 0.3) is 5.91 Å². The average molecular weight is 354 g/mol. The summed E-state index contributed by atoms with van der Waals surface area (Å²) >= 11 is 0. The maximum atomic E-state index is 12.1. The highest BCUT2D eigenvalue weighted by atomic mass is 16.5. The number of Topliss-reactive ketones (excluding diaryl/α,β-unsaturated/α-hetero) is 1. The van der Waals surface area contributed by atoms with Gasteiger partial charge in [-0.2, -0.15) is 0 Å². The number of ketones is 1. The number of fused-ring (bicyclic) bond motifs is 1. The molecule has 1 aliphatic heterocycles. The van der Waals surface area contributed by atoms with E-state index in [4.69, 9.17) is 4.74 Å². The summed E-state index contributed by atoms with van der Waals surface area (Å²) in [5.74, 6) is -0.422. The van der Waals surface area contributed by atoms with E-state index in [0.29, 0.717) is 18.7 Å². The van der Waals surface area contributed by atoms with E-state index >= 15 is 0 Å². The molecule has 1 aromatic carbocycles. The number of ether oxygens (including phenoxy) is 1. The van der Waals surface area contributed by atoms with Crippen LogP contribution in [0.3, 0.4) is 0 Å². The lowest BCUT2D eigenvalue weighted by molar-refractivity contribution is -0.123. The molecular formula is C20H22N2O4. The van der Waals surface area contributed by atoms with Crippen LogP contribution in [-0.2, 0) is 9.53 Å². The summed E-state index contributed by atoms with van der Waals surface area (Å²) in [7, 11) is 0. The molecule has 3 aliphatic rings. The fraction of sp³-hybridized carbons (Fsp3) is 0.300. The van der Waals surface area contributed by atoms with Crippen LogP contribution in [0.15, 0.2) is 48.5 Å². The first-order chi connectivity index (χ1) is 12.5. The maximum absolute atomic E-state index is 12.1. The van der Waals surface area contributed by atoms with Crippen LogP contribution in [0.4, 0.5) is 0 Å². The van der Waals surface area contributed by atoms with Crippen LogP contribution in [0, 0.1) is 0 Å². The van der Waals surface area contributed by atoms with Gasteiger partial charge in [-0.3, -0.25) is 9.59 Å². The van der Waals surface area contributed by atoms with Crippen molar-refractivity contribution < 1.29 is 19.4 Å². The molecule has 1 heterocycles. The molecule has 0 spiro atoms. The first-order valence-electron chi connectivity index (χ1n) is 8.58. The monoisotopic (exact) mass is 354 g/mol. The zero-order chi connectivity index (χ0) is 18.5. The van der Waals surface area contributed by atoms with Crippen LogP contribution < -0.4 is 10.6 Å². The van der Waals surface area contributed by atoms with Crippen LogP contribution in [0.25, 0.3) is 11.1 Å². The van der Waals surface area contributed by atoms with Gasteiger partial charge in [0.2, 0.25) is 0 Å². The first-order valence-corrected chi connectivity index (χ1v) is 8.58. The number of rotatable bonds is 4. The van der Waals surface area contributed by atoms with Crippen LogP contribution in [0.2, 0.25) is 0 Å². The number of amides is 1. The Bertz CT molecular complexity index is 744. The van der Waals surface area contributed by atoms with Gasteiger partial charge in [0.1, 0.15) is 11.8 Å². The van der Waals surface area contributed by atoms with Crippen molar-refractivity contribution >= 4 is 11.7 Å². The summed E-state index contributed by atoms with van der Waals surface area (Å²) in [6.45, 7) is 3.22. The molecule has 6 nitrogen and oxygen atoms in total. The molecule has 1 saturated heterocycles. The van der Waals surface area contributed by atoms with Gasteiger partial charge in [0, 0.05) is 18.7 Å². The van der Waals surface area contributed by atoms with Crippen molar-refractivity contribution in [1.82, 2.24) is 10.6 Å². The zero-order valence-corrected chi connectivity index (χ0v) is 14.6. The molecule has 3 N–H and O–H groups in total. The number of hydrogen-bond acceptors (Lipinski definition) is 5. The minimum atomic E-state index is -0.677. The van der Waals surface area contributed by atoms with E-state index in [9.17, 15) is 14.7 Å². The lowest BCUT2D eigenvalue weighted by atomic mass is 9.95. The number of phenolic OH excluding ortho intramolecular Hbond substituents is 1. The summed E-state index contributed by atoms with van der Waals surface area (Å²) in [6, 6.07) is 13.7. The summed E-state index contributed by atoms with van der Waals surface area (Å²) in [5, 5.41) is 15.0. The van der Waals surface area contributed by atoms with Crippen molar-refractivity contribution in [3.05, 3.63) is 54.1 Å². The Morgan fingerprint density at radius 1 is 1.12 bits per heavy atom. The standard InChI is InChI=1S/C14H18N2O4.C6H4/c1-9(17)13(12-8-15-6-7-20-12)16-14(19)10-2-4-11(18)5-3-10;1-2-6-4-3-5(1)6/h2-5,12-13,15,18H,6-8H2,1H3,(H,16,19);1-4H. The minimum absolute atomic E-state index is 0.0875. The highest BCUT2D eigenvalue weighted by Crippen LogP contribution is 2.29. The molecule has 0 aromatic heterocycles. The summed E-state index contributed by atoms with van der Waals surface area (Å²) < 4.78 is 5.52. The quantitative estimate of drug-likeness (QED) is 0.664. The molecule has 1 amide bonds. The summed E-state index contributed by atoms with van der Waals surface area (Å²) in [4.78, 5) is 23.8. The lowest BCUT2D eigenvalue weighted by Gasteiger charge is -2.30. The number of phenols is 1. The fourth-order valence-corrected chi connectivity index (χ4v) is 2.76. The smallest absolute Gasteiger partial charge is 0.251 e. The van der Waals surface area contributed by atoms with Gasteiger partial charge in [0.05, 0.1) is 12.7 Å². The van der Waals surface area contributed by atoms with E-state index in [1.54, 1.807) is 0 Å². The van der Waals surface area contributed by atoms with Crippen LogP contribution >= 0.6 is 0 Å². The number of nitrogens with one attached hydrogen (secondary N) is 2. The number of carbonyl (C=O) groups excluding carboxylic acids is 2. The predicted octanol–water partition coefficient (Wildman–Crippen LogP) is 1.73. The Morgan fingerprint density at radius 3 is 2.15 bits per heavy atom. The van der Waals surface area contributed by atoms with E-state index in [1.165, 1.54) is 42.3 Å². The largest absolute Gasteiger partial charge is 0.508 e. The molecule has 0 radical (unpaired) electrons. The predicted molar refractivity (Wildman–Crippen MR) is 98.1 cm³/mol. The van der Waals surface area contributed by atoms with Gasteiger partial charge >= 0.3 is 0 Å². The third-order valence-electron chi connectivity index (χ3n) is 4.40. The van der Waals surface area contributed by atoms with Crippen molar-refractivity contribution in [2.45, 2.75) is 19.1 Å². The number of morpholine rings is 1. The molecular weight excluding hydrogens is 332 g/mol. The molecule has 0 saturated carbocycles. The molecule has 0 bridgehead atoms. The topological polar surface area (TPSA) is 87.7 Å². The summed E-state index contributed by atoms with van der Waals surface area (Å²) in [5.41, 5.74) is 3.24. The molecule has 1 aromatic rings. The van der Waals surface area contributed by atoms with Crippen molar-refractivity contribution in [2.24, 2.45) is 0 Å². The van der Waals surface area contributed by atoms with Gasteiger partial charge in [-0.15, -0.1) is 0 Å². The highest BCUT2D eigenvalue weighted by Gasteiger charge is 2.29. The Morgan fingerprint density at radius 2 is 1.73 bits per heavy atom. The first kappa shape index (κ1) is 18.1. The molecule has 1 fully saturated rings. The molecule has 6 heteroatoms. The van der Waals surface area contributed by atoms with E-state index in [2.05, 4.69) is 34.9 Å². The van der Waals surface area contributed by atoms with Crippen LogP contribution in [-0.4, -0.2) is 48.6 Å². The van der Waals surface area contributed by atoms with E-state index in [-0.39, 0.29) is 23.5 Å². The summed E-state index contributed by atoms with van der Waals surface area (Å²) in [6.07, 6.45) is -0.359. The Balaban J connectivity index is 0.000000269. The van der Waals surface area contributed by atoms with E-state index in [0.717, 1.165) is 6.54 Å². The fourth-order valence-electron chi connectivity index (χ4n) is 2.76. The van der Waals surface area contributed by atoms with Gasteiger partial charge in [-0.05, 0) is 42.3 Å². The Labute approximate surface area is 152 Å². The second-order valence-corrected chi connectivity index (χ2v) is 6.30. The van der Waals surface area contributed by atoms with Gasteiger partial charge in [-0.25, -0.2) is 0 Å². The number of aromatic hydroxyl groups is 1. The van der Waals surface area contributed by atoms with Crippen LogP contribution in [0.1, 0.15) is 17.3 Å². The average Bonchev–Trinajstić information content (AvgIpc) is 2.64. The van der Waals surface area contributed by atoms with Gasteiger partial charge in [0.15, 0.2) is 5.78 Å². The van der Waals surface area contributed by atoms with Gasteiger partial charge < -0.3 is 20.5 Å². The highest BCUT2D eigenvalue weighted by molar-refractivity contribution is 5.97. The molecule has 4 rings (SSSR count). The molecule has 26 heavy (non-hydrogen) atoms. The van der Waals surface area contributed by atoms with E-state index in [1.807, 2.05) is 0 Å². The Kier molecular flexibility index (Phi) is 5.65. The van der Waals surface area contributed by atoms with Crippen molar-refractivity contribution in [2.75, 3.05) is 19.7 Å². The zero-order valence-electron chi connectivity index (χ0n) is 14.6. The number of benzene rings is 2. The number of carbonyl (C=O) groups is 2. The third kappa shape index (κ3) is 4.28. The Hall–Kier alpha value is -2.70. The molecule has 2 atom stereocenters. The molecule has 136 valence electrons. The van der Waals surface area contributed by atoms with Crippen molar-refractivity contribution in [3.8, 4) is 16.9 Å². The van der Waals surface area contributed by atoms with Crippen LogP contribution in [0.5, 0.6) is 5.75 Å². The second-order valence-electron chi connectivity index (χ2n) is 6.30. The molecule has 2 aliphatic carbocycles. The SMILES string of the molecule is CC(=O)C(NC(=O)c1ccc(O)cc1)C1CNCCO1.c1cc2ccc1-2. The lowest BCUT2D eigenvalue weighted by Crippen LogP contribution is -2.55. The van der Waals surface area contributed by atoms with E-state index < -0.39 is 6.04 Å².